The van der Waals surface area contributed by atoms with Crippen LogP contribution in [0.1, 0.15) is 22.7 Å². The van der Waals surface area contributed by atoms with Crippen LogP contribution in [0.4, 0.5) is 0 Å². The molecule has 0 amide bonds. The molecule has 0 saturated carbocycles. The van der Waals surface area contributed by atoms with Crippen molar-refractivity contribution in [2.45, 2.75) is 12.5 Å². The van der Waals surface area contributed by atoms with Gasteiger partial charge in [-0.25, -0.2) is 0 Å². The Bertz CT molecular complexity index is 735. The van der Waals surface area contributed by atoms with Crippen LogP contribution < -0.4 is 10.6 Å². The van der Waals surface area contributed by atoms with Crippen molar-refractivity contribution in [3.8, 4) is 0 Å². The number of halogens is 1. The molecule has 0 heterocycles. The molecule has 0 fully saturated rings. The van der Waals surface area contributed by atoms with Crippen molar-refractivity contribution in [3.63, 3.8) is 0 Å². The summed E-state index contributed by atoms with van der Waals surface area (Å²) in [4.78, 5) is 0. The highest BCUT2D eigenvalue weighted by molar-refractivity contribution is 6.31. The third kappa shape index (κ3) is 5.43. The predicted molar refractivity (Wildman–Crippen MR) is 111 cm³/mol. The zero-order chi connectivity index (χ0) is 18.0. The van der Waals surface area contributed by atoms with E-state index in [1.807, 2.05) is 18.2 Å². The van der Waals surface area contributed by atoms with Gasteiger partial charge < -0.3 is 10.6 Å². The van der Waals surface area contributed by atoms with Gasteiger partial charge in [0.05, 0.1) is 6.04 Å². The molecular weight excluding hydrogens is 340 g/mol. The van der Waals surface area contributed by atoms with Crippen molar-refractivity contribution in [1.82, 2.24) is 10.6 Å². The van der Waals surface area contributed by atoms with E-state index >= 15 is 0 Å². The van der Waals surface area contributed by atoms with Crippen LogP contribution in [0.15, 0.2) is 84.9 Å². The van der Waals surface area contributed by atoms with Crippen LogP contribution in [0.25, 0.3) is 0 Å². The van der Waals surface area contributed by atoms with Crippen LogP contribution >= 0.6 is 11.6 Å². The molecule has 26 heavy (non-hydrogen) atoms. The molecule has 0 aliphatic carbocycles. The fourth-order valence-electron chi connectivity index (χ4n) is 3.07. The molecule has 134 valence electrons. The molecule has 0 unspecified atom stereocenters. The summed E-state index contributed by atoms with van der Waals surface area (Å²) in [7, 11) is 0. The minimum absolute atomic E-state index is 0.211. The highest BCUT2D eigenvalue weighted by Crippen LogP contribution is 2.21. The van der Waals surface area contributed by atoms with Crippen LogP contribution in [0, 0.1) is 0 Å². The van der Waals surface area contributed by atoms with Gasteiger partial charge in [-0.1, -0.05) is 90.5 Å². The number of rotatable bonds is 9. The molecule has 0 bridgehead atoms. The van der Waals surface area contributed by atoms with Gasteiger partial charge in [0.2, 0.25) is 0 Å². The minimum atomic E-state index is 0.211. The standard InChI is InChI=1S/C23H25ClN2/c24-22-14-8-7-9-19(22)15-16-25-17-18-26-23(20-10-3-1-4-11-20)21-12-5-2-6-13-21/h1-14,23,25-26H,15-18H2. The first kappa shape index (κ1) is 18.7. The fourth-order valence-corrected chi connectivity index (χ4v) is 3.30. The summed E-state index contributed by atoms with van der Waals surface area (Å²) < 4.78 is 0. The second-order valence-corrected chi connectivity index (χ2v) is 6.71. The van der Waals surface area contributed by atoms with Gasteiger partial charge in [-0.15, -0.1) is 0 Å². The topological polar surface area (TPSA) is 24.1 Å². The monoisotopic (exact) mass is 364 g/mol. The van der Waals surface area contributed by atoms with Crippen LogP contribution in [-0.2, 0) is 6.42 Å². The highest BCUT2D eigenvalue weighted by Gasteiger charge is 2.12. The summed E-state index contributed by atoms with van der Waals surface area (Å²) in [5.41, 5.74) is 3.77. The van der Waals surface area contributed by atoms with Gasteiger partial charge >= 0.3 is 0 Å². The van der Waals surface area contributed by atoms with Gasteiger partial charge in [-0.05, 0) is 35.7 Å². The molecule has 0 spiro atoms. The van der Waals surface area contributed by atoms with E-state index in [1.165, 1.54) is 16.7 Å². The molecule has 3 heteroatoms. The zero-order valence-corrected chi connectivity index (χ0v) is 15.6. The average molecular weight is 365 g/mol. The molecule has 2 nitrogen and oxygen atoms in total. The summed E-state index contributed by atoms with van der Waals surface area (Å²) in [6.07, 6.45) is 0.945. The van der Waals surface area contributed by atoms with Gasteiger partial charge in [-0.2, -0.15) is 0 Å². The van der Waals surface area contributed by atoms with Crippen molar-refractivity contribution in [2.24, 2.45) is 0 Å². The second kappa shape index (κ2) is 10.1. The molecular formula is C23H25ClN2. The molecule has 2 N–H and O–H groups in total. The summed E-state index contributed by atoms with van der Waals surface area (Å²) >= 11 is 6.20. The maximum absolute atomic E-state index is 6.20. The minimum Gasteiger partial charge on any atom is -0.315 e. The lowest BCUT2D eigenvalue weighted by Gasteiger charge is -2.20. The number of hydrogen-bond acceptors (Lipinski definition) is 2. The van der Waals surface area contributed by atoms with Crippen LogP contribution in [-0.4, -0.2) is 19.6 Å². The molecule has 0 radical (unpaired) electrons. The van der Waals surface area contributed by atoms with Crippen molar-refractivity contribution < 1.29 is 0 Å². The summed E-state index contributed by atoms with van der Waals surface area (Å²) in [6.45, 7) is 2.74. The smallest absolute Gasteiger partial charge is 0.0577 e. The first-order valence-electron chi connectivity index (χ1n) is 9.12. The van der Waals surface area contributed by atoms with Crippen LogP contribution in [0.2, 0.25) is 5.02 Å². The molecule has 0 aromatic heterocycles. The lowest BCUT2D eigenvalue weighted by atomic mass is 9.99. The predicted octanol–water partition coefficient (Wildman–Crippen LogP) is 4.85. The lowest BCUT2D eigenvalue weighted by molar-refractivity contribution is 0.566. The maximum Gasteiger partial charge on any atom is 0.0577 e. The second-order valence-electron chi connectivity index (χ2n) is 6.30. The SMILES string of the molecule is Clc1ccccc1CCNCCNC(c1ccccc1)c1ccccc1. The zero-order valence-electron chi connectivity index (χ0n) is 14.9. The fraction of sp³-hybridized carbons (Fsp3) is 0.217. The summed E-state index contributed by atoms with van der Waals surface area (Å²) in [6, 6.07) is 29.4. The molecule has 0 aliphatic heterocycles. The van der Waals surface area contributed by atoms with Crippen molar-refractivity contribution in [3.05, 3.63) is 107 Å². The Balaban J connectivity index is 1.49. The Kier molecular flexibility index (Phi) is 7.26. The van der Waals surface area contributed by atoms with E-state index in [1.54, 1.807) is 0 Å². The van der Waals surface area contributed by atoms with E-state index in [0.717, 1.165) is 31.1 Å². The van der Waals surface area contributed by atoms with E-state index in [-0.39, 0.29) is 6.04 Å². The third-order valence-corrected chi connectivity index (χ3v) is 4.81. The number of benzene rings is 3. The molecule has 3 aromatic carbocycles. The first-order chi connectivity index (χ1) is 12.8. The Morgan fingerprint density at radius 3 is 1.85 bits per heavy atom. The maximum atomic E-state index is 6.20. The first-order valence-corrected chi connectivity index (χ1v) is 9.50. The molecule has 0 atom stereocenters. The van der Waals surface area contributed by atoms with Gasteiger partial charge in [0.1, 0.15) is 0 Å². The normalized spacial score (nSPS) is 11.0. The largest absolute Gasteiger partial charge is 0.315 e. The quantitative estimate of drug-likeness (QED) is 0.530. The van der Waals surface area contributed by atoms with Crippen molar-refractivity contribution in [2.75, 3.05) is 19.6 Å². The summed E-state index contributed by atoms with van der Waals surface area (Å²) in [5.74, 6) is 0. The van der Waals surface area contributed by atoms with E-state index in [4.69, 9.17) is 11.6 Å². The Labute approximate surface area is 161 Å². The van der Waals surface area contributed by atoms with E-state index in [9.17, 15) is 0 Å². The molecule has 0 aliphatic rings. The van der Waals surface area contributed by atoms with Crippen LogP contribution in [0.5, 0.6) is 0 Å². The van der Waals surface area contributed by atoms with Gasteiger partial charge in [0.25, 0.3) is 0 Å². The highest BCUT2D eigenvalue weighted by atomic mass is 35.5. The van der Waals surface area contributed by atoms with Gasteiger partial charge in [0.15, 0.2) is 0 Å². The van der Waals surface area contributed by atoms with Gasteiger partial charge in [-0.3, -0.25) is 0 Å². The number of hydrogen-bond donors (Lipinski definition) is 2. The van der Waals surface area contributed by atoms with Crippen LogP contribution in [0.3, 0.4) is 0 Å². The van der Waals surface area contributed by atoms with Gasteiger partial charge in [0, 0.05) is 18.1 Å². The summed E-state index contributed by atoms with van der Waals surface area (Å²) in [5, 5.41) is 8.02. The number of nitrogens with one attached hydrogen (secondary N) is 2. The third-order valence-electron chi connectivity index (χ3n) is 4.45. The van der Waals surface area contributed by atoms with E-state index in [2.05, 4.69) is 77.4 Å². The molecule has 3 rings (SSSR count). The molecule has 3 aromatic rings. The van der Waals surface area contributed by atoms with Crippen molar-refractivity contribution in [1.29, 1.82) is 0 Å². The van der Waals surface area contributed by atoms with E-state index in [0.29, 0.717) is 0 Å². The van der Waals surface area contributed by atoms with Crippen molar-refractivity contribution >= 4 is 11.6 Å². The average Bonchev–Trinajstić information content (AvgIpc) is 2.70. The Morgan fingerprint density at radius 2 is 1.23 bits per heavy atom. The van der Waals surface area contributed by atoms with E-state index < -0.39 is 0 Å². The molecule has 0 saturated heterocycles. The Morgan fingerprint density at radius 1 is 0.654 bits per heavy atom. The Hall–Kier alpha value is -2.13. The lowest BCUT2D eigenvalue weighted by Crippen LogP contribution is -2.31.